The van der Waals surface area contributed by atoms with Gasteiger partial charge in [0.1, 0.15) is 5.75 Å². The molecule has 0 atom stereocenters. The quantitative estimate of drug-likeness (QED) is 0.668. The van der Waals surface area contributed by atoms with E-state index in [1.165, 1.54) is 11.1 Å². The Morgan fingerprint density at radius 2 is 2.31 bits per heavy atom. The molecule has 1 aliphatic carbocycles. The molecule has 0 saturated carbocycles. The first-order valence-corrected chi connectivity index (χ1v) is 4.66. The molecule has 0 aromatic heterocycles. The fraction of sp³-hybridized carbons (Fsp3) is 0.250. The van der Waals surface area contributed by atoms with Crippen molar-refractivity contribution in [1.82, 2.24) is 0 Å². The molecule has 1 aromatic carbocycles. The van der Waals surface area contributed by atoms with E-state index in [2.05, 4.69) is 24.6 Å². The minimum atomic E-state index is 0.736. The summed E-state index contributed by atoms with van der Waals surface area (Å²) in [4.78, 5) is 0. The summed E-state index contributed by atoms with van der Waals surface area (Å²) in [5, 5.41) is 0. The van der Waals surface area contributed by atoms with Gasteiger partial charge < -0.3 is 4.74 Å². The van der Waals surface area contributed by atoms with E-state index in [1.54, 1.807) is 0 Å². The van der Waals surface area contributed by atoms with Gasteiger partial charge in [-0.25, -0.2) is 0 Å². The zero-order valence-electron chi connectivity index (χ0n) is 7.79. The molecule has 0 saturated heterocycles. The number of fused-ring (bicyclic) bond motifs is 1. The van der Waals surface area contributed by atoms with Crippen LogP contribution in [0.1, 0.15) is 18.1 Å². The number of hydrogen-bond acceptors (Lipinski definition) is 1. The van der Waals surface area contributed by atoms with Crippen LogP contribution >= 0.6 is 0 Å². The minimum Gasteiger partial charge on any atom is -0.494 e. The van der Waals surface area contributed by atoms with Crippen LogP contribution in [0.5, 0.6) is 5.75 Å². The van der Waals surface area contributed by atoms with E-state index in [0.29, 0.717) is 0 Å². The SMILES string of the molecule is CCOc1cccc2c1CC=C[CH]2. The van der Waals surface area contributed by atoms with Crippen molar-refractivity contribution in [2.75, 3.05) is 6.61 Å². The standard InChI is InChI=1S/C12H13O/c1-2-13-12-9-5-7-10-6-3-4-8-11(10)12/h3-7,9H,2,8H2,1H3. The molecule has 0 unspecified atom stereocenters. The summed E-state index contributed by atoms with van der Waals surface area (Å²) in [6.45, 7) is 2.75. The maximum Gasteiger partial charge on any atom is 0.123 e. The summed E-state index contributed by atoms with van der Waals surface area (Å²) in [5.41, 5.74) is 2.60. The lowest BCUT2D eigenvalue weighted by Gasteiger charge is -2.15. The van der Waals surface area contributed by atoms with Crippen LogP contribution in [-0.2, 0) is 6.42 Å². The molecular formula is C12H13O. The van der Waals surface area contributed by atoms with E-state index >= 15 is 0 Å². The molecule has 0 heterocycles. The van der Waals surface area contributed by atoms with Crippen molar-refractivity contribution in [1.29, 1.82) is 0 Å². The van der Waals surface area contributed by atoms with Crippen molar-refractivity contribution in [2.45, 2.75) is 13.3 Å². The van der Waals surface area contributed by atoms with Crippen molar-refractivity contribution >= 4 is 0 Å². The van der Waals surface area contributed by atoms with Crippen LogP contribution in [0.3, 0.4) is 0 Å². The smallest absolute Gasteiger partial charge is 0.123 e. The van der Waals surface area contributed by atoms with Gasteiger partial charge in [-0.3, -0.25) is 0 Å². The van der Waals surface area contributed by atoms with Gasteiger partial charge in [0.2, 0.25) is 0 Å². The second-order valence-corrected chi connectivity index (χ2v) is 3.06. The Hall–Kier alpha value is -1.24. The zero-order chi connectivity index (χ0) is 9.10. The first-order valence-electron chi connectivity index (χ1n) is 4.66. The summed E-state index contributed by atoms with van der Waals surface area (Å²) in [6, 6.07) is 6.20. The molecule has 1 radical (unpaired) electrons. The van der Waals surface area contributed by atoms with E-state index in [0.717, 1.165) is 18.8 Å². The molecule has 1 aliphatic rings. The van der Waals surface area contributed by atoms with E-state index in [1.807, 2.05) is 19.1 Å². The Labute approximate surface area is 79.0 Å². The molecular weight excluding hydrogens is 160 g/mol. The van der Waals surface area contributed by atoms with Crippen LogP contribution in [0.2, 0.25) is 0 Å². The summed E-state index contributed by atoms with van der Waals surface area (Å²) in [6.07, 6.45) is 7.37. The van der Waals surface area contributed by atoms with E-state index in [4.69, 9.17) is 4.74 Å². The molecule has 1 nitrogen and oxygen atoms in total. The number of ether oxygens (including phenoxy) is 1. The number of hydrogen-bond donors (Lipinski definition) is 0. The molecule has 0 fully saturated rings. The number of rotatable bonds is 2. The largest absolute Gasteiger partial charge is 0.494 e. The average Bonchev–Trinajstić information content (AvgIpc) is 2.19. The highest BCUT2D eigenvalue weighted by Crippen LogP contribution is 2.27. The van der Waals surface area contributed by atoms with Gasteiger partial charge >= 0.3 is 0 Å². The predicted octanol–water partition coefficient (Wildman–Crippen LogP) is 2.75. The second kappa shape index (κ2) is 3.65. The Morgan fingerprint density at radius 3 is 3.15 bits per heavy atom. The highest BCUT2D eigenvalue weighted by atomic mass is 16.5. The van der Waals surface area contributed by atoms with Gasteiger partial charge in [0.05, 0.1) is 6.61 Å². The number of benzene rings is 1. The van der Waals surface area contributed by atoms with Crippen molar-refractivity contribution < 1.29 is 4.74 Å². The topological polar surface area (TPSA) is 9.23 Å². The molecule has 0 N–H and O–H groups in total. The fourth-order valence-electron chi connectivity index (χ4n) is 1.61. The molecule has 1 aromatic rings. The van der Waals surface area contributed by atoms with Gasteiger partial charge in [0, 0.05) is 12.0 Å². The van der Waals surface area contributed by atoms with Gasteiger partial charge in [-0.15, -0.1) is 0 Å². The van der Waals surface area contributed by atoms with E-state index in [-0.39, 0.29) is 0 Å². The Morgan fingerprint density at radius 1 is 1.38 bits per heavy atom. The van der Waals surface area contributed by atoms with Crippen LogP contribution in [0.25, 0.3) is 0 Å². The predicted molar refractivity (Wildman–Crippen MR) is 53.9 cm³/mol. The zero-order valence-corrected chi connectivity index (χ0v) is 7.79. The van der Waals surface area contributed by atoms with Crippen LogP contribution in [0.4, 0.5) is 0 Å². The van der Waals surface area contributed by atoms with Crippen molar-refractivity contribution in [3.63, 3.8) is 0 Å². The van der Waals surface area contributed by atoms with Crippen LogP contribution in [-0.4, -0.2) is 6.61 Å². The second-order valence-electron chi connectivity index (χ2n) is 3.06. The third-order valence-electron chi connectivity index (χ3n) is 2.20. The van der Waals surface area contributed by atoms with Crippen LogP contribution in [0.15, 0.2) is 30.4 Å². The maximum absolute atomic E-state index is 5.55. The van der Waals surface area contributed by atoms with Crippen molar-refractivity contribution in [3.8, 4) is 5.75 Å². The minimum absolute atomic E-state index is 0.736. The monoisotopic (exact) mass is 173 g/mol. The molecule has 0 amide bonds. The normalized spacial score (nSPS) is 13.9. The highest BCUT2D eigenvalue weighted by Gasteiger charge is 2.09. The van der Waals surface area contributed by atoms with Crippen molar-refractivity contribution in [3.05, 3.63) is 47.9 Å². The first-order chi connectivity index (χ1) is 6.42. The van der Waals surface area contributed by atoms with Gasteiger partial charge in [-0.1, -0.05) is 24.3 Å². The third-order valence-corrected chi connectivity index (χ3v) is 2.20. The Balaban J connectivity index is 2.37. The maximum atomic E-state index is 5.55. The summed E-state index contributed by atoms with van der Waals surface area (Å²) >= 11 is 0. The van der Waals surface area contributed by atoms with Crippen LogP contribution < -0.4 is 4.74 Å². The van der Waals surface area contributed by atoms with Crippen molar-refractivity contribution in [2.24, 2.45) is 0 Å². The molecule has 0 bridgehead atoms. The van der Waals surface area contributed by atoms with E-state index < -0.39 is 0 Å². The first kappa shape index (κ1) is 8.36. The molecule has 0 spiro atoms. The lowest BCUT2D eigenvalue weighted by atomic mass is 9.96. The molecule has 2 rings (SSSR count). The molecule has 0 aliphatic heterocycles. The summed E-state index contributed by atoms with van der Waals surface area (Å²) < 4.78 is 5.55. The number of allylic oxidation sites excluding steroid dienone is 2. The lowest BCUT2D eigenvalue weighted by Crippen LogP contribution is -2.01. The Bertz CT molecular complexity index is 326. The van der Waals surface area contributed by atoms with E-state index in [9.17, 15) is 0 Å². The van der Waals surface area contributed by atoms with Gasteiger partial charge in [0.15, 0.2) is 0 Å². The Kier molecular flexibility index (Phi) is 2.35. The molecule has 67 valence electrons. The molecule has 13 heavy (non-hydrogen) atoms. The average molecular weight is 173 g/mol. The fourth-order valence-corrected chi connectivity index (χ4v) is 1.61. The summed E-state index contributed by atoms with van der Waals surface area (Å²) in [7, 11) is 0. The third kappa shape index (κ3) is 1.59. The lowest BCUT2D eigenvalue weighted by molar-refractivity contribution is 0.337. The summed E-state index contributed by atoms with van der Waals surface area (Å²) in [5.74, 6) is 1.03. The van der Waals surface area contributed by atoms with Gasteiger partial charge in [0.25, 0.3) is 0 Å². The molecule has 1 heteroatoms. The highest BCUT2D eigenvalue weighted by molar-refractivity contribution is 5.49. The van der Waals surface area contributed by atoms with Gasteiger partial charge in [-0.05, 0) is 25.0 Å². The van der Waals surface area contributed by atoms with Gasteiger partial charge in [-0.2, -0.15) is 0 Å². The van der Waals surface area contributed by atoms with Crippen LogP contribution in [0, 0.1) is 6.42 Å².